The fraction of sp³-hybridized carbons (Fsp3) is 0.545. The smallest absolute Gasteiger partial charge is 0.243 e. The van der Waals surface area contributed by atoms with Crippen LogP contribution in [0.2, 0.25) is 0 Å². The summed E-state index contributed by atoms with van der Waals surface area (Å²) in [6, 6.07) is 4.88. The summed E-state index contributed by atoms with van der Waals surface area (Å²) < 4.78 is 26.3. The molecule has 1 aromatic heterocycles. The van der Waals surface area contributed by atoms with Crippen LogP contribution in [0, 0.1) is 5.41 Å². The maximum atomic E-state index is 11.8. The molecule has 5 heteroatoms. The van der Waals surface area contributed by atoms with E-state index in [0.29, 0.717) is 6.54 Å². The molecule has 4 nitrogen and oxygen atoms in total. The molecule has 2 rings (SSSR count). The average molecular weight is 240 g/mol. The van der Waals surface area contributed by atoms with E-state index in [1.54, 1.807) is 12.1 Å². The van der Waals surface area contributed by atoms with Crippen molar-refractivity contribution in [2.75, 3.05) is 6.54 Å². The number of pyridine rings is 1. The highest BCUT2D eigenvalue weighted by molar-refractivity contribution is 7.89. The SMILES string of the molecule is CCC1(CNS(=O)(=O)c2ccccn2)CC1. The van der Waals surface area contributed by atoms with E-state index in [1.165, 1.54) is 12.3 Å². The van der Waals surface area contributed by atoms with E-state index in [2.05, 4.69) is 16.6 Å². The van der Waals surface area contributed by atoms with Crippen molar-refractivity contribution in [1.29, 1.82) is 0 Å². The average Bonchev–Trinajstić information content (AvgIpc) is 3.09. The molecule has 0 aromatic carbocycles. The predicted octanol–water partition coefficient (Wildman–Crippen LogP) is 1.55. The first kappa shape index (κ1) is 11.5. The molecule has 1 saturated carbocycles. The molecule has 0 radical (unpaired) electrons. The van der Waals surface area contributed by atoms with Crippen molar-refractivity contribution in [2.24, 2.45) is 5.41 Å². The zero-order valence-corrected chi connectivity index (χ0v) is 10.1. The second kappa shape index (κ2) is 4.14. The van der Waals surface area contributed by atoms with Gasteiger partial charge >= 0.3 is 0 Å². The van der Waals surface area contributed by atoms with Gasteiger partial charge in [0.25, 0.3) is 10.0 Å². The predicted molar refractivity (Wildman–Crippen MR) is 61.4 cm³/mol. The van der Waals surface area contributed by atoms with Gasteiger partial charge in [0.05, 0.1) is 0 Å². The molecule has 0 amide bonds. The van der Waals surface area contributed by atoms with Gasteiger partial charge in [-0.3, -0.25) is 0 Å². The summed E-state index contributed by atoms with van der Waals surface area (Å²) in [6.45, 7) is 2.63. The highest BCUT2D eigenvalue weighted by Crippen LogP contribution is 2.48. The summed E-state index contributed by atoms with van der Waals surface area (Å²) in [4.78, 5) is 3.85. The minimum absolute atomic E-state index is 0.0990. The summed E-state index contributed by atoms with van der Waals surface area (Å²) in [5, 5.41) is 0.0990. The van der Waals surface area contributed by atoms with Crippen LogP contribution in [0.5, 0.6) is 0 Å². The molecule has 0 atom stereocenters. The largest absolute Gasteiger partial charge is 0.258 e. The van der Waals surface area contributed by atoms with Gasteiger partial charge in [-0.1, -0.05) is 13.0 Å². The van der Waals surface area contributed by atoms with Crippen LogP contribution < -0.4 is 4.72 Å². The van der Waals surface area contributed by atoms with E-state index in [1.807, 2.05) is 0 Å². The Labute approximate surface area is 96.1 Å². The Morgan fingerprint density at radius 2 is 2.19 bits per heavy atom. The Morgan fingerprint density at radius 3 is 2.69 bits per heavy atom. The van der Waals surface area contributed by atoms with E-state index in [9.17, 15) is 8.42 Å². The van der Waals surface area contributed by atoms with Crippen LogP contribution >= 0.6 is 0 Å². The minimum Gasteiger partial charge on any atom is -0.243 e. The van der Waals surface area contributed by atoms with Gasteiger partial charge in [-0.15, -0.1) is 0 Å². The Morgan fingerprint density at radius 1 is 1.44 bits per heavy atom. The van der Waals surface area contributed by atoms with E-state index in [4.69, 9.17) is 0 Å². The van der Waals surface area contributed by atoms with Crippen LogP contribution in [0.3, 0.4) is 0 Å². The fourth-order valence-corrected chi connectivity index (χ4v) is 2.76. The van der Waals surface area contributed by atoms with Crippen LogP contribution in [0.15, 0.2) is 29.4 Å². The molecule has 1 aliphatic carbocycles. The quantitative estimate of drug-likeness (QED) is 0.849. The molecule has 1 aliphatic rings. The van der Waals surface area contributed by atoms with E-state index in [-0.39, 0.29) is 10.4 Å². The van der Waals surface area contributed by atoms with Gasteiger partial charge in [-0.25, -0.2) is 18.1 Å². The summed E-state index contributed by atoms with van der Waals surface area (Å²) in [6.07, 6.45) is 4.75. The summed E-state index contributed by atoms with van der Waals surface area (Å²) in [7, 11) is -3.42. The van der Waals surface area contributed by atoms with Crippen molar-refractivity contribution in [3.63, 3.8) is 0 Å². The summed E-state index contributed by atoms with van der Waals surface area (Å²) >= 11 is 0. The van der Waals surface area contributed by atoms with Gasteiger partial charge in [0, 0.05) is 12.7 Å². The first-order valence-corrected chi connectivity index (χ1v) is 6.97. The van der Waals surface area contributed by atoms with Gasteiger partial charge < -0.3 is 0 Å². The highest BCUT2D eigenvalue weighted by Gasteiger charge is 2.41. The lowest BCUT2D eigenvalue weighted by atomic mass is 10.1. The third-order valence-corrected chi connectivity index (χ3v) is 4.57. The Hall–Kier alpha value is -0.940. The molecule has 1 fully saturated rings. The van der Waals surface area contributed by atoms with Gasteiger partial charge in [-0.2, -0.15) is 0 Å². The highest BCUT2D eigenvalue weighted by atomic mass is 32.2. The monoisotopic (exact) mass is 240 g/mol. The Balaban J connectivity index is 2.04. The zero-order chi connectivity index (χ0) is 11.6. The number of rotatable bonds is 5. The second-order valence-electron chi connectivity index (χ2n) is 4.35. The Kier molecular flexibility index (Phi) is 2.99. The standard InChI is InChI=1S/C11H16N2O2S/c1-2-11(6-7-11)9-13-16(14,15)10-5-3-4-8-12-10/h3-5,8,13H,2,6-7,9H2,1H3. The molecule has 0 spiro atoms. The number of sulfonamides is 1. The molecule has 88 valence electrons. The second-order valence-corrected chi connectivity index (χ2v) is 6.06. The maximum Gasteiger partial charge on any atom is 0.258 e. The van der Waals surface area contributed by atoms with Gasteiger partial charge in [0.15, 0.2) is 5.03 Å². The van der Waals surface area contributed by atoms with Crippen LogP contribution in [-0.2, 0) is 10.0 Å². The summed E-state index contributed by atoms with van der Waals surface area (Å²) in [5.41, 5.74) is 0.210. The minimum atomic E-state index is -3.42. The first-order chi connectivity index (χ1) is 7.58. The fourth-order valence-electron chi connectivity index (χ4n) is 1.66. The number of aromatic nitrogens is 1. The van der Waals surface area contributed by atoms with Crippen molar-refractivity contribution in [3.8, 4) is 0 Å². The van der Waals surface area contributed by atoms with Crippen molar-refractivity contribution >= 4 is 10.0 Å². The molecular weight excluding hydrogens is 224 g/mol. The molecule has 0 bridgehead atoms. The molecule has 0 unspecified atom stereocenters. The first-order valence-electron chi connectivity index (χ1n) is 5.49. The van der Waals surface area contributed by atoms with E-state index >= 15 is 0 Å². The van der Waals surface area contributed by atoms with Crippen molar-refractivity contribution < 1.29 is 8.42 Å². The zero-order valence-electron chi connectivity index (χ0n) is 9.31. The van der Waals surface area contributed by atoms with E-state index < -0.39 is 10.0 Å². The summed E-state index contributed by atoms with van der Waals surface area (Å²) in [5.74, 6) is 0. The van der Waals surface area contributed by atoms with Crippen molar-refractivity contribution in [1.82, 2.24) is 9.71 Å². The number of nitrogens with zero attached hydrogens (tertiary/aromatic N) is 1. The third-order valence-electron chi connectivity index (χ3n) is 3.26. The lowest BCUT2D eigenvalue weighted by Crippen LogP contribution is -2.30. The van der Waals surface area contributed by atoms with Gasteiger partial charge in [-0.05, 0) is 36.8 Å². The third kappa shape index (κ3) is 2.41. The molecule has 1 aromatic rings. The molecule has 0 saturated heterocycles. The van der Waals surface area contributed by atoms with Crippen LogP contribution in [0.1, 0.15) is 26.2 Å². The Bertz CT molecular complexity index is 452. The molecular formula is C11H16N2O2S. The molecule has 1 heterocycles. The maximum absolute atomic E-state index is 11.8. The lowest BCUT2D eigenvalue weighted by Gasteiger charge is -2.13. The van der Waals surface area contributed by atoms with Crippen molar-refractivity contribution in [2.45, 2.75) is 31.2 Å². The van der Waals surface area contributed by atoms with Crippen LogP contribution in [0.25, 0.3) is 0 Å². The van der Waals surface area contributed by atoms with E-state index in [0.717, 1.165) is 19.3 Å². The van der Waals surface area contributed by atoms with Crippen LogP contribution in [-0.4, -0.2) is 19.9 Å². The normalized spacial score (nSPS) is 18.3. The topological polar surface area (TPSA) is 59.1 Å². The lowest BCUT2D eigenvalue weighted by molar-refractivity contribution is 0.475. The number of nitrogens with one attached hydrogen (secondary N) is 1. The van der Waals surface area contributed by atoms with Crippen LogP contribution in [0.4, 0.5) is 0 Å². The number of hydrogen-bond acceptors (Lipinski definition) is 3. The molecule has 16 heavy (non-hydrogen) atoms. The molecule has 1 N–H and O–H groups in total. The van der Waals surface area contributed by atoms with Gasteiger partial charge in [0.1, 0.15) is 0 Å². The van der Waals surface area contributed by atoms with Gasteiger partial charge in [0.2, 0.25) is 0 Å². The van der Waals surface area contributed by atoms with Crippen molar-refractivity contribution in [3.05, 3.63) is 24.4 Å². The molecule has 0 aliphatic heterocycles. The number of hydrogen-bond donors (Lipinski definition) is 1.